The average Bonchev–Trinajstić information content (AvgIpc) is 2.64. The molecule has 3 rings (SSSR count). The van der Waals surface area contributed by atoms with Crippen molar-refractivity contribution in [1.29, 1.82) is 0 Å². The van der Waals surface area contributed by atoms with Gasteiger partial charge in [-0.15, -0.1) is 11.8 Å². The van der Waals surface area contributed by atoms with Crippen LogP contribution >= 0.6 is 23.4 Å². The summed E-state index contributed by atoms with van der Waals surface area (Å²) in [6.07, 6.45) is 0.161. The van der Waals surface area contributed by atoms with E-state index in [9.17, 15) is 23.1 Å². The van der Waals surface area contributed by atoms with E-state index >= 15 is 0 Å². The Morgan fingerprint density at radius 3 is 2.52 bits per heavy atom. The maximum Gasteiger partial charge on any atom is 0.255 e. The Morgan fingerprint density at radius 2 is 1.93 bits per heavy atom. The first-order chi connectivity index (χ1) is 13.7. The maximum absolute atomic E-state index is 13.4. The minimum absolute atomic E-state index is 0.119. The molecule has 2 aromatic carbocycles. The fourth-order valence-electron chi connectivity index (χ4n) is 3.22. The molecule has 4 nitrogen and oxygen atoms in total. The molecule has 29 heavy (non-hydrogen) atoms. The number of carbonyl (C=O) groups is 1. The summed E-state index contributed by atoms with van der Waals surface area (Å²) in [5.74, 6) is -4.97. The maximum atomic E-state index is 13.4. The fraction of sp³-hybridized carbons (Fsp3) is 0.350. The summed E-state index contributed by atoms with van der Waals surface area (Å²) in [6.45, 7) is 3.75. The van der Waals surface area contributed by atoms with Crippen LogP contribution in [-0.2, 0) is 0 Å². The van der Waals surface area contributed by atoms with Crippen LogP contribution in [0.1, 0.15) is 30.6 Å². The molecule has 0 aromatic heterocycles. The van der Waals surface area contributed by atoms with Gasteiger partial charge >= 0.3 is 0 Å². The highest BCUT2D eigenvalue weighted by atomic mass is 35.5. The molecule has 1 aliphatic heterocycles. The molecule has 1 aliphatic rings. The van der Waals surface area contributed by atoms with Crippen molar-refractivity contribution < 1.29 is 23.1 Å². The summed E-state index contributed by atoms with van der Waals surface area (Å²) in [6, 6.07) is 6.42. The molecule has 0 aliphatic carbocycles. The lowest BCUT2D eigenvalue weighted by Crippen LogP contribution is -2.63. The van der Waals surface area contributed by atoms with Crippen LogP contribution in [0.2, 0.25) is 5.02 Å². The van der Waals surface area contributed by atoms with Crippen molar-refractivity contribution in [1.82, 2.24) is 5.32 Å². The molecule has 9 heteroatoms. The minimum Gasteiger partial charge on any atom is -0.393 e. The zero-order valence-corrected chi connectivity index (χ0v) is 17.3. The number of aliphatic hydroxyl groups is 1. The van der Waals surface area contributed by atoms with Crippen LogP contribution in [0.5, 0.6) is 0 Å². The third-order valence-corrected chi connectivity index (χ3v) is 6.70. The van der Waals surface area contributed by atoms with Crippen LogP contribution < -0.4 is 10.6 Å². The largest absolute Gasteiger partial charge is 0.393 e. The molecule has 1 fully saturated rings. The van der Waals surface area contributed by atoms with Crippen molar-refractivity contribution >= 4 is 35.0 Å². The topological polar surface area (TPSA) is 61.4 Å². The Kier molecular flexibility index (Phi) is 6.78. The van der Waals surface area contributed by atoms with Gasteiger partial charge in [0.1, 0.15) is 0 Å². The first-order valence-corrected chi connectivity index (χ1v) is 10.3. The number of aliphatic hydroxyl groups excluding tert-OH is 1. The molecule has 3 N–H and O–H groups in total. The Hall–Kier alpha value is -1.74. The third-order valence-electron chi connectivity index (χ3n) is 4.66. The van der Waals surface area contributed by atoms with E-state index in [0.717, 1.165) is 0 Å². The van der Waals surface area contributed by atoms with E-state index in [0.29, 0.717) is 28.5 Å². The van der Waals surface area contributed by atoms with Crippen LogP contribution in [0.25, 0.3) is 0 Å². The molecule has 1 heterocycles. The van der Waals surface area contributed by atoms with Gasteiger partial charge in [-0.3, -0.25) is 4.79 Å². The molecule has 2 aromatic rings. The zero-order chi connectivity index (χ0) is 21.3. The molecule has 0 bridgehead atoms. The molecule has 156 valence electrons. The highest BCUT2D eigenvalue weighted by Gasteiger charge is 2.38. The Balaban J connectivity index is 1.75. The van der Waals surface area contributed by atoms with Crippen molar-refractivity contribution in [2.75, 3.05) is 5.32 Å². The van der Waals surface area contributed by atoms with Crippen molar-refractivity contribution in [2.45, 2.75) is 48.6 Å². The van der Waals surface area contributed by atoms with Gasteiger partial charge in [0.2, 0.25) is 0 Å². The number of rotatable bonds is 6. The molecule has 0 saturated carbocycles. The zero-order valence-electron chi connectivity index (χ0n) is 15.7. The molecule has 1 amide bonds. The Labute approximate surface area is 175 Å². The van der Waals surface area contributed by atoms with E-state index in [4.69, 9.17) is 11.6 Å². The number of anilines is 1. The summed E-state index contributed by atoms with van der Waals surface area (Å²) in [5, 5.41) is 16.0. The number of thioether (sulfide) groups is 1. The third kappa shape index (κ3) is 5.06. The molecule has 0 radical (unpaired) electrons. The highest BCUT2D eigenvalue weighted by molar-refractivity contribution is 8.00. The van der Waals surface area contributed by atoms with Crippen molar-refractivity contribution in [3.63, 3.8) is 0 Å². The van der Waals surface area contributed by atoms with Crippen LogP contribution in [-0.4, -0.2) is 34.5 Å². The SMILES string of the molecule is CC(O)CC1NC(C)C1Sc1cc(C(=O)Nc2cc(F)c(F)c(F)c2)ccc1Cl. The molecular weight excluding hydrogens is 425 g/mol. The molecule has 0 spiro atoms. The number of amides is 1. The summed E-state index contributed by atoms with van der Waals surface area (Å²) < 4.78 is 39.8. The predicted molar refractivity (Wildman–Crippen MR) is 108 cm³/mol. The average molecular weight is 445 g/mol. The first kappa shape index (κ1) is 22.0. The minimum atomic E-state index is -1.59. The quantitative estimate of drug-likeness (QED) is 0.570. The molecule has 4 atom stereocenters. The predicted octanol–water partition coefficient (Wildman–Crippen LogP) is 4.60. The van der Waals surface area contributed by atoms with Gasteiger partial charge in [-0.25, -0.2) is 13.2 Å². The molecular formula is C20H20ClF3N2O2S. The lowest BCUT2D eigenvalue weighted by Gasteiger charge is -2.44. The van der Waals surface area contributed by atoms with Gasteiger partial charge < -0.3 is 15.7 Å². The monoisotopic (exact) mass is 444 g/mol. The second kappa shape index (κ2) is 8.95. The fourth-order valence-corrected chi connectivity index (χ4v) is 4.78. The van der Waals surface area contributed by atoms with Crippen molar-refractivity contribution in [3.05, 3.63) is 58.4 Å². The summed E-state index contributed by atoms with van der Waals surface area (Å²) in [7, 11) is 0. The van der Waals surface area contributed by atoms with Crippen LogP contribution in [0.3, 0.4) is 0 Å². The van der Waals surface area contributed by atoms with Crippen molar-refractivity contribution in [3.8, 4) is 0 Å². The number of hydrogen-bond donors (Lipinski definition) is 3. The second-order valence-corrected chi connectivity index (χ2v) is 8.71. The first-order valence-electron chi connectivity index (χ1n) is 9.02. The Morgan fingerprint density at radius 1 is 1.28 bits per heavy atom. The van der Waals surface area contributed by atoms with E-state index in [1.54, 1.807) is 19.1 Å². The summed E-state index contributed by atoms with van der Waals surface area (Å²) in [5.41, 5.74) is 0.0541. The second-order valence-electron chi connectivity index (χ2n) is 7.08. The Bertz CT molecular complexity index is 906. The van der Waals surface area contributed by atoms with E-state index in [1.807, 2.05) is 6.92 Å². The number of benzene rings is 2. The van der Waals surface area contributed by atoms with Gasteiger partial charge in [0, 0.05) is 45.6 Å². The van der Waals surface area contributed by atoms with Crippen LogP contribution in [0.15, 0.2) is 35.2 Å². The number of nitrogens with one attached hydrogen (secondary N) is 2. The van der Waals surface area contributed by atoms with E-state index < -0.39 is 29.5 Å². The summed E-state index contributed by atoms with van der Waals surface area (Å²) >= 11 is 7.79. The molecule has 4 unspecified atom stereocenters. The number of carbonyl (C=O) groups excluding carboxylic acids is 1. The van der Waals surface area contributed by atoms with E-state index in [-0.39, 0.29) is 28.6 Å². The van der Waals surface area contributed by atoms with E-state index in [1.165, 1.54) is 17.8 Å². The van der Waals surface area contributed by atoms with Crippen LogP contribution in [0.4, 0.5) is 18.9 Å². The molecule has 1 saturated heterocycles. The lowest BCUT2D eigenvalue weighted by atomic mass is 9.93. The van der Waals surface area contributed by atoms with E-state index in [2.05, 4.69) is 10.6 Å². The van der Waals surface area contributed by atoms with Gasteiger partial charge in [0.05, 0.1) is 11.1 Å². The number of halogens is 4. The van der Waals surface area contributed by atoms with Crippen molar-refractivity contribution in [2.24, 2.45) is 0 Å². The van der Waals surface area contributed by atoms with Crippen LogP contribution in [0, 0.1) is 17.5 Å². The van der Waals surface area contributed by atoms with Gasteiger partial charge in [0.15, 0.2) is 17.5 Å². The smallest absolute Gasteiger partial charge is 0.255 e. The normalized spacial score (nSPS) is 22.1. The summed E-state index contributed by atoms with van der Waals surface area (Å²) in [4.78, 5) is 13.2. The highest BCUT2D eigenvalue weighted by Crippen LogP contribution is 2.38. The van der Waals surface area contributed by atoms with Gasteiger partial charge in [0.25, 0.3) is 5.91 Å². The van der Waals surface area contributed by atoms with Gasteiger partial charge in [-0.2, -0.15) is 0 Å². The number of hydrogen-bond acceptors (Lipinski definition) is 4. The van der Waals surface area contributed by atoms with Gasteiger partial charge in [-0.1, -0.05) is 11.6 Å². The lowest BCUT2D eigenvalue weighted by molar-refractivity contribution is 0.102. The van der Waals surface area contributed by atoms with Gasteiger partial charge in [-0.05, 0) is 38.5 Å². The standard InChI is InChI=1S/C20H20ClF3N2O2S/c1-9(27)5-16-19(10(2)25-16)29-17-6-11(3-4-13(17)21)20(28)26-12-7-14(22)18(24)15(23)8-12/h3-4,6-10,16,19,25,27H,5H2,1-2H3,(H,26,28).